The second-order valence-corrected chi connectivity index (χ2v) is 7.74. The molecule has 7 heteroatoms. The summed E-state index contributed by atoms with van der Waals surface area (Å²) in [6.45, 7) is 11.6. The molecular weight excluding hydrogens is 479 g/mol. The second kappa shape index (κ2) is 13.3. The van der Waals surface area contributed by atoms with Gasteiger partial charge in [-0.15, -0.1) is 24.0 Å². The van der Waals surface area contributed by atoms with Gasteiger partial charge in [0.2, 0.25) is 0 Å². The van der Waals surface area contributed by atoms with Crippen molar-refractivity contribution >= 4 is 29.9 Å². The third-order valence-electron chi connectivity index (χ3n) is 5.33. The Labute approximate surface area is 192 Å². The molecule has 6 nitrogen and oxygen atoms in total. The maximum Gasteiger partial charge on any atom is 0.191 e. The minimum absolute atomic E-state index is 0. The van der Waals surface area contributed by atoms with Crippen LogP contribution in [0.15, 0.2) is 23.2 Å². The highest BCUT2D eigenvalue weighted by Crippen LogP contribution is 2.24. The number of nitrogens with one attached hydrogen (secondary N) is 2. The molecule has 2 N–H and O–H groups in total. The normalized spacial score (nSPS) is 20.2. The Morgan fingerprint density at radius 1 is 1.24 bits per heavy atom. The Hall–Kier alpha value is -1.06. The summed E-state index contributed by atoms with van der Waals surface area (Å²) in [6, 6.07) is 6.36. The fourth-order valence-electron chi connectivity index (χ4n) is 3.71. The maximum absolute atomic E-state index is 6.20. The molecule has 1 aromatic rings. The Morgan fingerprint density at radius 2 is 2.07 bits per heavy atom. The molecule has 1 aromatic carbocycles. The number of benzene rings is 1. The van der Waals surface area contributed by atoms with E-state index < -0.39 is 0 Å². The summed E-state index contributed by atoms with van der Waals surface area (Å²) in [7, 11) is 0. The molecule has 29 heavy (non-hydrogen) atoms. The quantitative estimate of drug-likeness (QED) is 0.316. The molecule has 3 rings (SSSR count). The number of nitrogens with zero attached hydrogens (tertiary/aromatic N) is 2. The Kier molecular flexibility index (Phi) is 11.1. The summed E-state index contributed by atoms with van der Waals surface area (Å²) < 4.78 is 11.6. The van der Waals surface area contributed by atoms with Crippen molar-refractivity contribution in [2.45, 2.75) is 52.2 Å². The van der Waals surface area contributed by atoms with E-state index >= 15 is 0 Å². The number of hydrogen-bond acceptors (Lipinski definition) is 4. The molecule has 0 bridgehead atoms. The van der Waals surface area contributed by atoms with E-state index in [-0.39, 0.29) is 30.1 Å². The van der Waals surface area contributed by atoms with Gasteiger partial charge < -0.3 is 25.0 Å². The van der Waals surface area contributed by atoms with Crippen LogP contribution in [0, 0.1) is 6.92 Å². The second-order valence-electron chi connectivity index (χ2n) is 7.74. The molecule has 2 fully saturated rings. The number of rotatable bonds is 8. The average molecular weight is 516 g/mol. The first-order valence-corrected chi connectivity index (χ1v) is 10.8. The number of halogens is 1. The van der Waals surface area contributed by atoms with Gasteiger partial charge in [0.05, 0.1) is 19.8 Å². The first kappa shape index (κ1) is 24.2. The summed E-state index contributed by atoms with van der Waals surface area (Å²) in [4.78, 5) is 7.33. The zero-order valence-electron chi connectivity index (χ0n) is 17.9. The summed E-state index contributed by atoms with van der Waals surface area (Å²) >= 11 is 0. The van der Waals surface area contributed by atoms with E-state index in [2.05, 4.69) is 47.6 Å². The van der Waals surface area contributed by atoms with Crippen LogP contribution in [0.5, 0.6) is 5.75 Å². The predicted octanol–water partition coefficient (Wildman–Crippen LogP) is 3.32. The Balaban J connectivity index is 0.00000300. The van der Waals surface area contributed by atoms with E-state index in [1.165, 1.54) is 37.9 Å². The fraction of sp³-hybridized carbons (Fsp3) is 0.682. The van der Waals surface area contributed by atoms with Gasteiger partial charge >= 0.3 is 0 Å². The van der Waals surface area contributed by atoms with Crippen LogP contribution in [0.4, 0.5) is 0 Å². The summed E-state index contributed by atoms with van der Waals surface area (Å²) in [5.74, 6) is 1.80. The lowest BCUT2D eigenvalue weighted by atomic mass is 10.1. The van der Waals surface area contributed by atoms with Crippen LogP contribution in [0.3, 0.4) is 0 Å². The fourth-order valence-corrected chi connectivity index (χ4v) is 3.71. The lowest BCUT2D eigenvalue weighted by Crippen LogP contribution is -2.42. The van der Waals surface area contributed by atoms with Gasteiger partial charge in [-0.25, -0.2) is 4.99 Å². The molecule has 164 valence electrons. The van der Waals surface area contributed by atoms with E-state index in [4.69, 9.17) is 14.5 Å². The lowest BCUT2D eigenvalue weighted by molar-refractivity contribution is 0.140. The van der Waals surface area contributed by atoms with Gasteiger partial charge in [-0.2, -0.15) is 0 Å². The zero-order chi connectivity index (χ0) is 19.6. The molecule has 1 unspecified atom stereocenters. The van der Waals surface area contributed by atoms with Gasteiger partial charge in [-0.05, 0) is 51.4 Å². The molecule has 0 radical (unpaired) electrons. The number of aliphatic imine (C=N–C) groups is 1. The molecule has 1 atom stereocenters. The highest BCUT2D eigenvalue weighted by Gasteiger charge is 2.18. The summed E-state index contributed by atoms with van der Waals surface area (Å²) in [6.07, 6.45) is 5.15. The average Bonchev–Trinajstić information content (AvgIpc) is 3.21. The first-order valence-electron chi connectivity index (χ1n) is 10.8. The van der Waals surface area contributed by atoms with Crippen molar-refractivity contribution in [2.24, 2.45) is 4.99 Å². The minimum Gasteiger partial charge on any atom is -0.488 e. The molecule has 2 aliphatic heterocycles. The Bertz CT molecular complexity index is 629. The van der Waals surface area contributed by atoms with Gasteiger partial charge in [0.25, 0.3) is 0 Å². The minimum atomic E-state index is 0. The van der Waals surface area contributed by atoms with Crippen LogP contribution in [0.1, 0.15) is 43.7 Å². The molecule has 0 aliphatic carbocycles. The van der Waals surface area contributed by atoms with Gasteiger partial charge in [-0.1, -0.05) is 18.6 Å². The molecule has 0 amide bonds. The van der Waals surface area contributed by atoms with Crippen LogP contribution in [0.25, 0.3) is 0 Å². The van der Waals surface area contributed by atoms with Crippen LogP contribution < -0.4 is 15.4 Å². The predicted molar refractivity (Wildman–Crippen MR) is 130 cm³/mol. The number of hydrogen-bond donors (Lipinski definition) is 2. The smallest absolute Gasteiger partial charge is 0.191 e. The number of piperidine rings is 1. The lowest BCUT2D eigenvalue weighted by Gasteiger charge is -2.26. The van der Waals surface area contributed by atoms with Crippen LogP contribution in [0.2, 0.25) is 0 Å². The van der Waals surface area contributed by atoms with Crippen molar-refractivity contribution in [3.63, 3.8) is 0 Å². The van der Waals surface area contributed by atoms with Crippen molar-refractivity contribution in [2.75, 3.05) is 45.9 Å². The summed E-state index contributed by atoms with van der Waals surface area (Å²) in [5, 5.41) is 6.83. The van der Waals surface area contributed by atoms with Crippen LogP contribution in [-0.4, -0.2) is 62.9 Å². The van der Waals surface area contributed by atoms with E-state index in [1.54, 1.807) is 0 Å². The molecule has 2 aliphatic rings. The monoisotopic (exact) mass is 516 g/mol. The number of guanidine groups is 1. The number of aryl methyl sites for hydroxylation is 1. The van der Waals surface area contributed by atoms with Crippen molar-refractivity contribution in [3.05, 3.63) is 29.3 Å². The van der Waals surface area contributed by atoms with Crippen molar-refractivity contribution in [3.8, 4) is 5.75 Å². The molecule has 2 heterocycles. The van der Waals surface area contributed by atoms with E-state index in [1.807, 2.05) is 0 Å². The SMILES string of the molecule is CCNC(=NCc1ccc(C)cc1OC1CCOC1)NCCN1CCCCC1.I. The van der Waals surface area contributed by atoms with E-state index in [9.17, 15) is 0 Å². The Morgan fingerprint density at radius 3 is 2.79 bits per heavy atom. The van der Waals surface area contributed by atoms with Gasteiger partial charge in [0, 0.05) is 31.6 Å². The first-order chi connectivity index (χ1) is 13.7. The summed E-state index contributed by atoms with van der Waals surface area (Å²) in [5.41, 5.74) is 2.32. The largest absolute Gasteiger partial charge is 0.488 e. The van der Waals surface area contributed by atoms with E-state index in [0.29, 0.717) is 13.2 Å². The van der Waals surface area contributed by atoms with Crippen LogP contribution in [-0.2, 0) is 11.3 Å². The van der Waals surface area contributed by atoms with Gasteiger partial charge in [0.1, 0.15) is 11.9 Å². The van der Waals surface area contributed by atoms with Gasteiger partial charge in [-0.3, -0.25) is 0 Å². The van der Waals surface area contributed by atoms with Crippen molar-refractivity contribution < 1.29 is 9.47 Å². The molecule has 0 saturated carbocycles. The molecule has 0 spiro atoms. The van der Waals surface area contributed by atoms with Crippen LogP contribution >= 0.6 is 24.0 Å². The third kappa shape index (κ3) is 8.30. The van der Waals surface area contributed by atoms with Crippen molar-refractivity contribution in [1.82, 2.24) is 15.5 Å². The zero-order valence-corrected chi connectivity index (χ0v) is 20.2. The van der Waals surface area contributed by atoms with E-state index in [0.717, 1.165) is 49.9 Å². The topological polar surface area (TPSA) is 58.1 Å². The molecular formula is C22H37IN4O2. The number of ether oxygens (including phenoxy) is 2. The molecule has 0 aromatic heterocycles. The van der Waals surface area contributed by atoms with Crippen molar-refractivity contribution in [1.29, 1.82) is 0 Å². The third-order valence-corrected chi connectivity index (χ3v) is 5.33. The van der Waals surface area contributed by atoms with Gasteiger partial charge in [0.15, 0.2) is 5.96 Å². The highest BCUT2D eigenvalue weighted by atomic mass is 127. The number of likely N-dealkylation sites (tertiary alicyclic amines) is 1. The highest BCUT2D eigenvalue weighted by molar-refractivity contribution is 14.0. The molecule has 2 saturated heterocycles. The maximum atomic E-state index is 6.20. The standard InChI is InChI=1S/C22H36N4O2.HI/c1-3-23-22(24-10-13-26-11-5-4-6-12-26)25-16-19-8-7-18(2)15-21(19)28-20-9-14-27-17-20;/h7-8,15,20H,3-6,9-14,16-17H2,1-2H3,(H2,23,24,25);1H.